The number of nitrogens with zero attached hydrogens (tertiary/aromatic N) is 1. The Morgan fingerprint density at radius 3 is 2.07 bits per heavy atom. The van der Waals surface area contributed by atoms with E-state index in [1.165, 1.54) is 0 Å². The summed E-state index contributed by atoms with van der Waals surface area (Å²) in [5, 5.41) is 0. The van der Waals surface area contributed by atoms with Crippen LogP contribution in [0.1, 0.15) is 42.3 Å². The highest BCUT2D eigenvalue weighted by atomic mass is 16.7. The van der Waals surface area contributed by atoms with Gasteiger partial charge in [-0.1, -0.05) is 0 Å². The Labute approximate surface area is 93.2 Å². The fourth-order valence-electron chi connectivity index (χ4n) is 1.41. The molecule has 0 unspecified atom stereocenters. The molecular formula is C12H17NO2. The predicted molar refractivity (Wildman–Crippen MR) is 57.3 cm³/mol. The van der Waals surface area contributed by atoms with Gasteiger partial charge in [0.2, 0.25) is 0 Å². The molecule has 0 atom stereocenters. The van der Waals surface area contributed by atoms with E-state index in [4.69, 9.17) is 12.2 Å². The Kier molecular flexibility index (Phi) is 1.81. The molecule has 1 aromatic heterocycles. The lowest BCUT2D eigenvalue weighted by atomic mass is 9.90. The number of hydrogen-bond acceptors (Lipinski definition) is 3. The molecule has 0 N–H and O–H groups in total. The van der Waals surface area contributed by atoms with Crippen molar-refractivity contribution in [2.75, 3.05) is 0 Å². The van der Waals surface area contributed by atoms with Crippen LogP contribution in [0.25, 0.3) is 0 Å². The van der Waals surface area contributed by atoms with E-state index in [-0.39, 0.29) is 12.3 Å². The van der Waals surface area contributed by atoms with Crippen molar-refractivity contribution >= 4 is 0 Å². The first-order valence-electron chi connectivity index (χ1n) is 6.02. The van der Waals surface area contributed by atoms with Gasteiger partial charge < -0.3 is 9.47 Å². The quantitative estimate of drug-likeness (QED) is 0.712. The van der Waals surface area contributed by atoms with Crippen molar-refractivity contribution in [3.05, 3.63) is 30.0 Å². The molecule has 0 aromatic carbocycles. The molecule has 2 heterocycles. The first kappa shape index (κ1) is 8.25. The van der Waals surface area contributed by atoms with Gasteiger partial charge in [0, 0.05) is 17.9 Å². The zero-order valence-electron chi connectivity index (χ0n) is 11.5. The van der Waals surface area contributed by atoms with E-state index in [1.54, 1.807) is 12.1 Å². The molecular weight excluding hydrogens is 190 g/mol. The van der Waals surface area contributed by atoms with E-state index in [2.05, 4.69) is 4.98 Å². The number of hydrogen-bond donors (Lipinski definition) is 0. The molecule has 0 bridgehead atoms. The second kappa shape index (κ2) is 3.29. The summed E-state index contributed by atoms with van der Waals surface area (Å²) in [6.45, 7) is 7.88. The highest BCUT2D eigenvalue weighted by Crippen LogP contribution is 2.44. The minimum Gasteiger partial charge on any atom is -0.339 e. The second-order valence-electron chi connectivity index (χ2n) is 4.75. The summed E-state index contributed by atoms with van der Waals surface area (Å²) < 4.78 is 26.7. The highest BCUT2D eigenvalue weighted by Gasteiger charge is 2.49. The van der Waals surface area contributed by atoms with Crippen molar-refractivity contribution < 1.29 is 12.2 Å². The van der Waals surface area contributed by atoms with Crippen LogP contribution in [0.3, 0.4) is 0 Å². The summed E-state index contributed by atoms with van der Waals surface area (Å²) in [6, 6.07) is 3.14. The van der Waals surface area contributed by atoms with Crippen LogP contribution in [0.4, 0.5) is 0 Å². The van der Waals surface area contributed by atoms with Crippen molar-refractivity contribution in [1.29, 1.82) is 0 Å². The standard InChI is InChI=1S/C12H17NO2/c1-11(2)12(3,4)15-10(14-11)9-5-7-13-8-6-9/h5-8,10H,1-4H3/i7D,8D. The lowest BCUT2D eigenvalue weighted by Gasteiger charge is -2.30. The van der Waals surface area contributed by atoms with Gasteiger partial charge in [-0.3, -0.25) is 4.98 Å². The fraction of sp³-hybridized carbons (Fsp3) is 0.583. The number of ether oxygens (including phenoxy) is 2. The lowest BCUT2D eigenvalue weighted by Crippen LogP contribution is -2.41. The third kappa shape index (κ3) is 1.77. The molecule has 2 rings (SSSR count). The molecule has 0 saturated carbocycles. The van der Waals surface area contributed by atoms with Crippen LogP contribution in [0, 0.1) is 0 Å². The Balaban J connectivity index is 2.32. The van der Waals surface area contributed by atoms with Crippen LogP contribution >= 0.6 is 0 Å². The molecule has 0 spiro atoms. The maximum Gasteiger partial charge on any atom is 0.185 e. The van der Waals surface area contributed by atoms with E-state index in [1.807, 2.05) is 27.7 Å². The molecule has 3 heteroatoms. The van der Waals surface area contributed by atoms with Crippen molar-refractivity contribution in [2.45, 2.75) is 45.2 Å². The van der Waals surface area contributed by atoms with Gasteiger partial charge in [-0.2, -0.15) is 0 Å². The number of aromatic nitrogens is 1. The van der Waals surface area contributed by atoms with Crippen LogP contribution in [0.15, 0.2) is 24.5 Å². The van der Waals surface area contributed by atoms with Gasteiger partial charge in [-0.25, -0.2) is 0 Å². The third-order valence-corrected chi connectivity index (χ3v) is 3.12. The number of pyridine rings is 1. The average molecular weight is 209 g/mol. The van der Waals surface area contributed by atoms with E-state index in [0.717, 1.165) is 0 Å². The molecule has 0 amide bonds. The summed E-state index contributed by atoms with van der Waals surface area (Å²) in [6.07, 6.45) is -0.416. The van der Waals surface area contributed by atoms with Crippen LogP contribution in [-0.4, -0.2) is 16.2 Å². The molecule has 15 heavy (non-hydrogen) atoms. The van der Waals surface area contributed by atoms with E-state index >= 15 is 0 Å². The van der Waals surface area contributed by atoms with E-state index in [9.17, 15) is 0 Å². The van der Waals surface area contributed by atoms with Crippen molar-refractivity contribution in [3.63, 3.8) is 0 Å². The molecule has 1 saturated heterocycles. The Hall–Kier alpha value is -0.930. The van der Waals surface area contributed by atoms with Gasteiger partial charge in [-0.05, 0) is 39.8 Å². The fourth-order valence-corrected chi connectivity index (χ4v) is 1.41. The van der Waals surface area contributed by atoms with Gasteiger partial charge in [0.15, 0.2) is 6.29 Å². The van der Waals surface area contributed by atoms with Gasteiger partial charge in [0.05, 0.1) is 13.9 Å². The third-order valence-electron chi connectivity index (χ3n) is 3.12. The van der Waals surface area contributed by atoms with Crippen molar-refractivity contribution in [3.8, 4) is 0 Å². The van der Waals surface area contributed by atoms with Crippen molar-refractivity contribution in [1.82, 2.24) is 4.98 Å². The molecule has 0 radical (unpaired) electrons. The molecule has 0 aliphatic carbocycles. The molecule has 1 fully saturated rings. The van der Waals surface area contributed by atoms with E-state index in [0.29, 0.717) is 5.56 Å². The molecule has 1 aliphatic heterocycles. The normalized spacial score (nSPS) is 26.1. The van der Waals surface area contributed by atoms with Gasteiger partial charge in [0.1, 0.15) is 0 Å². The monoisotopic (exact) mass is 209 g/mol. The maximum absolute atomic E-state index is 7.50. The first-order valence-corrected chi connectivity index (χ1v) is 5.02. The SMILES string of the molecule is [2H]c1cc(C2OC(C)(C)C(C)(C)O2)cc([2H])n1. The van der Waals surface area contributed by atoms with Crippen LogP contribution < -0.4 is 0 Å². The topological polar surface area (TPSA) is 31.4 Å². The maximum atomic E-state index is 7.50. The van der Waals surface area contributed by atoms with Crippen LogP contribution in [0.2, 0.25) is 0 Å². The zero-order valence-corrected chi connectivity index (χ0v) is 9.50. The molecule has 1 aliphatic rings. The lowest BCUT2D eigenvalue weighted by molar-refractivity contribution is -0.0896. The zero-order chi connectivity index (χ0) is 12.8. The molecule has 3 nitrogen and oxygen atoms in total. The summed E-state index contributed by atoms with van der Waals surface area (Å²) in [5.74, 6) is 0. The van der Waals surface area contributed by atoms with Crippen LogP contribution in [-0.2, 0) is 9.47 Å². The second-order valence-corrected chi connectivity index (χ2v) is 4.75. The largest absolute Gasteiger partial charge is 0.339 e. The summed E-state index contributed by atoms with van der Waals surface area (Å²) in [5.41, 5.74) is -0.148. The Bertz CT molecular complexity index is 410. The summed E-state index contributed by atoms with van der Waals surface area (Å²) >= 11 is 0. The minimum atomic E-state index is -0.531. The Morgan fingerprint density at radius 2 is 1.60 bits per heavy atom. The number of rotatable bonds is 1. The van der Waals surface area contributed by atoms with Crippen molar-refractivity contribution in [2.24, 2.45) is 0 Å². The van der Waals surface area contributed by atoms with E-state index < -0.39 is 17.5 Å². The average Bonchev–Trinajstić information content (AvgIpc) is 2.34. The first-order chi connectivity index (χ1) is 7.71. The summed E-state index contributed by atoms with van der Waals surface area (Å²) in [7, 11) is 0. The highest BCUT2D eigenvalue weighted by molar-refractivity contribution is 5.14. The molecule has 1 aromatic rings. The smallest absolute Gasteiger partial charge is 0.185 e. The summed E-state index contributed by atoms with van der Waals surface area (Å²) in [4.78, 5) is 3.70. The van der Waals surface area contributed by atoms with Gasteiger partial charge >= 0.3 is 0 Å². The minimum absolute atomic E-state index is 0.0576. The predicted octanol–water partition coefficient (Wildman–Crippen LogP) is 2.68. The molecule has 82 valence electrons. The van der Waals surface area contributed by atoms with Gasteiger partial charge in [-0.15, -0.1) is 0 Å². The Morgan fingerprint density at radius 1 is 1.13 bits per heavy atom. The van der Waals surface area contributed by atoms with Gasteiger partial charge in [0.25, 0.3) is 0 Å². The van der Waals surface area contributed by atoms with Crippen LogP contribution in [0.5, 0.6) is 0 Å².